The maximum Gasteiger partial charge on any atom is 0.317 e. The molecule has 2 aliphatic rings. The molecule has 0 aliphatic carbocycles. The smallest absolute Gasteiger partial charge is 0.317 e. The molecule has 0 aromatic heterocycles. The van der Waals surface area contributed by atoms with Crippen LogP contribution in [-0.2, 0) is 4.79 Å². The predicted molar refractivity (Wildman–Crippen MR) is 95.9 cm³/mol. The standard InChI is InChI=1S/C18H23F2N5O2/c1-18(2,3)22-17(27)24-6-7-25-13(9-24)14(16(21)26)15(23-25)11-5-4-10(19)8-12(11)20/h4-5,8,13-14H,6-7,9H2,1-3H3,(H2,21,26)(H,22,27). The number of hydrogen-bond acceptors (Lipinski definition) is 4. The van der Waals surface area contributed by atoms with Crippen molar-refractivity contribution in [1.29, 1.82) is 0 Å². The minimum absolute atomic E-state index is 0.0419. The number of carbonyl (C=O) groups excluding carboxylic acids is 2. The fraction of sp³-hybridized carbons (Fsp3) is 0.500. The summed E-state index contributed by atoms with van der Waals surface area (Å²) >= 11 is 0. The number of hydrazone groups is 1. The van der Waals surface area contributed by atoms with E-state index in [4.69, 9.17) is 5.73 Å². The highest BCUT2D eigenvalue weighted by molar-refractivity contribution is 6.14. The van der Waals surface area contributed by atoms with Gasteiger partial charge < -0.3 is 16.0 Å². The maximum absolute atomic E-state index is 14.2. The van der Waals surface area contributed by atoms with E-state index in [1.54, 1.807) is 9.91 Å². The van der Waals surface area contributed by atoms with Crippen LogP contribution in [0.1, 0.15) is 26.3 Å². The molecule has 1 aromatic rings. The molecule has 1 aromatic carbocycles. The Hall–Kier alpha value is -2.71. The summed E-state index contributed by atoms with van der Waals surface area (Å²) in [5, 5.41) is 8.92. The molecule has 9 heteroatoms. The van der Waals surface area contributed by atoms with Crippen LogP contribution >= 0.6 is 0 Å². The van der Waals surface area contributed by atoms with Gasteiger partial charge in [0, 0.05) is 30.3 Å². The van der Waals surface area contributed by atoms with Crippen molar-refractivity contribution >= 4 is 17.6 Å². The van der Waals surface area contributed by atoms with E-state index in [9.17, 15) is 18.4 Å². The van der Waals surface area contributed by atoms with Gasteiger partial charge in [-0.1, -0.05) is 0 Å². The van der Waals surface area contributed by atoms with Gasteiger partial charge in [-0.05, 0) is 32.9 Å². The van der Waals surface area contributed by atoms with E-state index in [2.05, 4.69) is 10.4 Å². The molecule has 2 unspecified atom stereocenters. The number of carbonyl (C=O) groups is 2. The molecule has 146 valence electrons. The summed E-state index contributed by atoms with van der Waals surface area (Å²) in [6.45, 7) is 6.65. The van der Waals surface area contributed by atoms with Gasteiger partial charge in [0.25, 0.3) is 0 Å². The van der Waals surface area contributed by atoms with Gasteiger partial charge in [0.1, 0.15) is 17.6 Å². The van der Waals surface area contributed by atoms with Crippen LogP contribution in [0.3, 0.4) is 0 Å². The van der Waals surface area contributed by atoms with Crippen LogP contribution in [0.5, 0.6) is 0 Å². The molecule has 2 heterocycles. The van der Waals surface area contributed by atoms with Crippen LogP contribution in [0.25, 0.3) is 0 Å². The SMILES string of the molecule is CC(C)(C)NC(=O)N1CCN2N=C(c3ccc(F)cc3F)C(C(N)=O)C2C1. The van der Waals surface area contributed by atoms with Crippen LogP contribution in [0.4, 0.5) is 13.6 Å². The molecule has 27 heavy (non-hydrogen) atoms. The lowest BCUT2D eigenvalue weighted by atomic mass is 9.89. The van der Waals surface area contributed by atoms with Crippen molar-refractivity contribution in [3.8, 4) is 0 Å². The summed E-state index contributed by atoms with van der Waals surface area (Å²) in [5.74, 6) is -3.08. The number of halogens is 2. The number of nitrogens with zero attached hydrogens (tertiary/aromatic N) is 3. The van der Waals surface area contributed by atoms with Crippen molar-refractivity contribution < 1.29 is 18.4 Å². The number of primary amides is 1. The summed E-state index contributed by atoms with van der Waals surface area (Å²) < 4.78 is 27.5. The van der Waals surface area contributed by atoms with Gasteiger partial charge in [-0.3, -0.25) is 9.80 Å². The van der Waals surface area contributed by atoms with Crippen molar-refractivity contribution in [3.63, 3.8) is 0 Å². The van der Waals surface area contributed by atoms with Gasteiger partial charge >= 0.3 is 6.03 Å². The number of nitrogens with two attached hydrogens (primary N) is 1. The van der Waals surface area contributed by atoms with E-state index in [0.717, 1.165) is 12.1 Å². The second kappa shape index (κ2) is 6.79. The lowest BCUT2D eigenvalue weighted by Gasteiger charge is -2.39. The summed E-state index contributed by atoms with van der Waals surface area (Å²) in [6.07, 6.45) is 0. The maximum atomic E-state index is 14.2. The van der Waals surface area contributed by atoms with E-state index in [-0.39, 0.29) is 23.9 Å². The summed E-state index contributed by atoms with van der Waals surface area (Å²) in [7, 11) is 0. The number of amides is 3. The number of nitrogens with one attached hydrogen (secondary N) is 1. The fourth-order valence-electron chi connectivity index (χ4n) is 3.41. The van der Waals surface area contributed by atoms with Crippen molar-refractivity contribution in [2.45, 2.75) is 32.4 Å². The first kappa shape index (κ1) is 19.1. The van der Waals surface area contributed by atoms with Gasteiger partial charge in [0.15, 0.2) is 0 Å². The number of benzene rings is 1. The van der Waals surface area contributed by atoms with E-state index < -0.39 is 35.0 Å². The van der Waals surface area contributed by atoms with E-state index in [0.29, 0.717) is 13.1 Å². The van der Waals surface area contributed by atoms with Crippen molar-refractivity contribution in [2.75, 3.05) is 19.6 Å². The number of urea groups is 1. The lowest BCUT2D eigenvalue weighted by Crippen LogP contribution is -2.59. The Morgan fingerprint density at radius 1 is 1.26 bits per heavy atom. The zero-order valence-corrected chi connectivity index (χ0v) is 15.5. The lowest BCUT2D eigenvalue weighted by molar-refractivity contribution is -0.121. The Morgan fingerprint density at radius 3 is 2.56 bits per heavy atom. The van der Waals surface area contributed by atoms with Crippen LogP contribution in [0, 0.1) is 17.6 Å². The highest BCUT2D eigenvalue weighted by Crippen LogP contribution is 2.30. The second-order valence-electron chi connectivity index (χ2n) is 7.85. The molecule has 1 saturated heterocycles. The molecule has 0 bridgehead atoms. The third-order valence-corrected chi connectivity index (χ3v) is 4.59. The quantitative estimate of drug-likeness (QED) is 0.811. The van der Waals surface area contributed by atoms with E-state index in [1.165, 1.54) is 6.07 Å². The van der Waals surface area contributed by atoms with Crippen molar-refractivity contribution in [3.05, 3.63) is 35.4 Å². The number of fused-ring (bicyclic) bond motifs is 1. The summed E-state index contributed by atoms with van der Waals surface area (Å²) in [5.41, 5.74) is 5.39. The Morgan fingerprint density at radius 2 is 1.96 bits per heavy atom. The van der Waals surface area contributed by atoms with Crippen LogP contribution < -0.4 is 11.1 Å². The minimum Gasteiger partial charge on any atom is -0.369 e. The number of piperazine rings is 1. The third kappa shape index (κ3) is 3.86. The second-order valence-corrected chi connectivity index (χ2v) is 7.85. The molecule has 3 rings (SSSR count). The molecular weight excluding hydrogens is 356 g/mol. The predicted octanol–water partition coefficient (Wildman–Crippen LogP) is 1.28. The molecule has 0 radical (unpaired) electrons. The molecule has 3 amide bonds. The topological polar surface area (TPSA) is 91.0 Å². The number of hydrogen-bond donors (Lipinski definition) is 2. The first-order chi connectivity index (χ1) is 12.6. The molecule has 2 aliphatic heterocycles. The zero-order chi connectivity index (χ0) is 19.9. The third-order valence-electron chi connectivity index (χ3n) is 4.59. The van der Waals surface area contributed by atoms with E-state index >= 15 is 0 Å². The van der Waals surface area contributed by atoms with Gasteiger partial charge in [0.2, 0.25) is 5.91 Å². The Balaban J connectivity index is 1.86. The highest BCUT2D eigenvalue weighted by Gasteiger charge is 2.45. The molecule has 0 saturated carbocycles. The van der Waals surface area contributed by atoms with Gasteiger partial charge in [0.05, 0.1) is 18.3 Å². The number of rotatable bonds is 2. The van der Waals surface area contributed by atoms with Crippen molar-refractivity contribution in [1.82, 2.24) is 15.2 Å². The Kier molecular flexibility index (Phi) is 4.79. The zero-order valence-electron chi connectivity index (χ0n) is 15.5. The molecule has 2 atom stereocenters. The van der Waals surface area contributed by atoms with E-state index in [1.807, 2.05) is 20.8 Å². The molecular formula is C18H23F2N5O2. The minimum atomic E-state index is -0.893. The average Bonchev–Trinajstić information content (AvgIpc) is 2.91. The fourth-order valence-corrected chi connectivity index (χ4v) is 3.41. The van der Waals surface area contributed by atoms with Gasteiger partial charge in [-0.25, -0.2) is 13.6 Å². The first-order valence-electron chi connectivity index (χ1n) is 8.74. The Labute approximate surface area is 156 Å². The molecule has 3 N–H and O–H groups in total. The van der Waals surface area contributed by atoms with Crippen LogP contribution in [0.2, 0.25) is 0 Å². The molecule has 1 fully saturated rings. The largest absolute Gasteiger partial charge is 0.369 e. The van der Waals surface area contributed by atoms with Gasteiger partial charge in [-0.2, -0.15) is 5.10 Å². The van der Waals surface area contributed by atoms with Crippen LogP contribution in [0.15, 0.2) is 23.3 Å². The average molecular weight is 379 g/mol. The highest BCUT2D eigenvalue weighted by atomic mass is 19.1. The first-order valence-corrected chi connectivity index (χ1v) is 8.74. The normalized spacial score (nSPS) is 22.3. The summed E-state index contributed by atoms with van der Waals surface area (Å²) in [4.78, 5) is 26.2. The molecule has 0 spiro atoms. The van der Waals surface area contributed by atoms with Gasteiger partial charge in [-0.15, -0.1) is 0 Å². The van der Waals surface area contributed by atoms with Crippen molar-refractivity contribution in [2.24, 2.45) is 16.8 Å². The molecule has 7 nitrogen and oxygen atoms in total. The monoisotopic (exact) mass is 379 g/mol. The Bertz CT molecular complexity index is 805. The van der Waals surface area contributed by atoms with Crippen LogP contribution in [-0.4, -0.2) is 58.8 Å². The summed E-state index contributed by atoms with van der Waals surface area (Å²) in [6, 6.07) is 2.38.